The molecule has 0 atom stereocenters. The van der Waals surface area contributed by atoms with Crippen LogP contribution in [-0.4, -0.2) is 82.3 Å². The Labute approximate surface area is 228 Å². The summed E-state index contributed by atoms with van der Waals surface area (Å²) in [6.07, 6.45) is -5.56. The van der Waals surface area contributed by atoms with Crippen LogP contribution in [0.15, 0.2) is 48.5 Å². The number of aromatic nitrogens is 1. The average molecular weight is 563 g/mol. The van der Waals surface area contributed by atoms with Gasteiger partial charge in [-0.3, -0.25) is 14.5 Å². The maximum Gasteiger partial charge on any atom is 0.416 e. The van der Waals surface area contributed by atoms with Gasteiger partial charge in [0.1, 0.15) is 5.69 Å². The molecule has 6 nitrogen and oxygen atoms in total. The van der Waals surface area contributed by atoms with Crippen molar-refractivity contribution in [3.63, 3.8) is 0 Å². The van der Waals surface area contributed by atoms with Crippen molar-refractivity contribution in [1.29, 1.82) is 0 Å². The largest absolute Gasteiger partial charge is 0.416 e. The molecule has 3 heterocycles. The smallest absolute Gasteiger partial charge is 0.337 e. The van der Waals surface area contributed by atoms with Crippen molar-refractivity contribution < 1.29 is 31.5 Å². The fourth-order valence-electron chi connectivity index (χ4n) is 5.43. The monoisotopic (exact) mass is 562 g/mol. The Morgan fingerprint density at radius 1 is 0.825 bits per heavy atom. The number of amides is 2. The van der Waals surface area contributed by atoms with Gasteiger partial charge in [0.2, 0.25) is 0 Å². The van der Waals surface area contributed by atoms with Crippen LogP contribution in [0.2, 0.25) is 0 Å². The van der Waals surface area contributed by atoms with Gasteiger partial charge in [-0.2, -0.15) is 13.2 Å². The van der Waals surface area contributed by atoms with E-state index < -0.39 is 36.4 Å². The zero-order valence-electron chi connectivity index (χ0n) is 22.3. The first-order valence-electron chi connectivity index (χ1n) is 13.4. The minimum Gasteiger partial charge on any atom is -0.337 e. The normalized spacial score (nSPS) is 18.5. The van der Waals surface area contributed by atoms with Crippen molar-refractivity contribution >= 4 is 22.7 Å². The summed E-state index contributed by atoms with van der Waals surface area (Å²) in [5.74, 6) is -3.58. The quantitative estimate of drug-likeness (QED) is 0.384. The van der Waals surface area contributed by atoms with Crippen LogP contribution in [0.3, 0.4) is 0 Å². The Morgan fingerprint density at radius 2 is 1.48 bits per heavy atom. The summed E-state index contributed by atoms with van der Waals surface area (Å²) in [6, 6.07) is 11.4. The van der Waals surface area contributed by atoms with Gasteiger partial charge in [0.25, 0.3) is 17.7 Å². The molecule has 0 bridgehead atoms. The summed E-state index contributed by atoms with van der Waals surface area (Å²) < 4.78 is 69.5. The van der Waals surface area contributed by atoms with Crippen LogP contribution in [0, 0.1) is 0 Å². The van der Waals surface area contributed by atoms with Crippen LogP contribution in [0.25, 0.3) is 16.6 Å². The van der Waals surface area contributed by atoms with Crippen molar-refractivity contribution in [3.05, 3.63) is 65.4 Å². The molecule has 2 aromatic carbocycles. The molecule has 2 saturated heterocycles. The maximum atomic E-state index is 13.8. The Bertz CT molecular complexity index is 1410. The number of halogens is 5. The van der Waals surface area contributed by atoms with E-state index in [0.717, 1.165) is 25.2 Å². The van der Waals surface area contributed by atoms with E-state index in [1.54, 1.807) is 23.1 Å². The van der Waals surface area contributed by atoms with E-state index in [2.05, 4.69) is 18.7 Å². The number of carbonyl (C=O) groups excluding carboxylic acids is 2. The van der Waals surface area contributed by atoms with Gasteiger partial charge in [-0.05, 0) is 56.3 Å². The molecule has 1 aromatic heterocycles. The molecular formula is C29H31F5N4O2. The van der Waals surface area contributed by atoms with E-state index in [4.69, 9.17) is 0 Å². The van der Waals surface area contributed by atoms with Crippen molar-refractivity contribution in [1.82, 2.24) is 19.3 Å². The lowest BCUT2D eigenvalue weighted by Gasteiger charge is -2.37. The second-order valence-electron chi connectivity index (χ2n) is 10.8. The van der Waals surface area contributed by atoms with Crippen LogP contribution in [0.5, 0.6) is 0 Å². The molecule has 40 heavy (non-hydrogen) atoms. The van der Waals surface area contributed by atoms with E-state index in [9.17, 15) is 31.5 Å². The molecule has 0 aliphatic carbocycles. The molecule has 0 spiro atoms. The third-order valence-electron chi connectivity index (χ3n) is 7.81. The lowest BCUT2D eigenvalue weighted by molar-refractivity contribution is -0.137. The molecular weight excluding hydrogens is 531 g/mol. The Balaban J connectivity index is 1.53. The van der Waals surface area contributed by atoms with Crippen molar-refractivity contribution in [2.75, 3.05) is 39.3 Å². The Kier molecular flexibility index (Phi) is 7.37. The number of likely N-dealkylation sites (tertiary alicyclic amines) is 1. The number of piperidine rings is 1. The maximum absolute atomic E-state index is 13.8. The predicted octanol–water partition coefficient (Wildman–Crippen LogP) is 5.69. The Hall–Kier alpha value is -3.47. The molecule has 2 aliphatic heterocycles. The van der Waals surface area contributed by atoms with Crippen molar-refractivity contribution in [3.8, 4) is 5.69 Å². The molecule has 2 fully saturated rings. The lowest BCUT2D eigenvalue weighted by atomic mass is 10.1. The summed E-state index contributed by atoms with van der Waals surface area (Å²) in [5, 5.41) is 0.495. The highest BCUT2D eigenvalue weighted by molar-refractivity contribution is 6.03. The van der Waals surface area contributed by atoms with Gasteiger partial charge in [-0.1, -0.05) is 6.07 Å². The number of hydrogen-bond acceptors (Lipinski definition) is 3. The Morgan fingerprint density at radius 3 is 2.10 bits per heavy atom. The van der Waals surface area contributed by atoms with Gasteiger partial charge in [-0.25, -0.2) is 8.78 Å². The molecule has 0 saturated carbocycles. The minimum atomic E-state index is -4.60. The third-order valence-corrected chi connectivity index (χ3v) is 7.81. The number of fused-ring (bicyclic) bond motifs is 1. The van der Waals surface area contributed by atoms with Crippen LogP contribution < -0.4 is 0 Å². The molecule has 214 valence electrons. The minimum absolute atomic E-state index is 0.0506. The van der Waals surface area contributed by atoms with E-state index >= 15 is 0 Å². The summed E-state index contributed by atoms with van der Waals surface area (Å²) in [6.45, 7) is 6.54. The van der Waals surface area contributed by atoms with Gasteiger partial charge in [-0.15, -0.1) is 0 Å². The van der Waals surface area contributed by atoms with Gasteiger partial charge in [0, 0.05) is 74.8 Å². The zero-order valence-corrected chi connectivity index (χ0v) is 22.3. The van der Waals surface area contributed by atoms with E-state index in [-0.39, 0.29) is 30.4 Å². The number of rotatable bonds is 4. The summed E-state index contributed by atoms with van der Waals surface area (Å²) in [5.41, 5.74) is 0.124. The second-order valence-corrected chi connectivity index (χ2v) is 10.8. The van der Waals surface area contributed by atoms with E-state index in [0.29, 0.717) is 35.6 Å². The topological polar surface area (TPSA) is 48.8 Å². The lowest BCUT2D eigenvalue weighted by Crippen LogP contribution is -2.50. The van der Waals surface area contributed by atoms with Crippen LogP contribution in [-0.2, 0) is 6.18 Å². The van der Waals surface area contributed by atoms with Gasteiger partial charge in [0.15, 0.2) is 0 Å². The summed E-state index contributed by atoms with van der Waals surface area (Å²) in [4.78, 5) is 32.2. The van der Waals surface area contributed by atoms with E-state index in [1.807, 2.05) is 0 Å². The summed E-state index contributed by atoms with van der Waals surface area (Å²) in [7, 11) is 0. The SMILES string of the molecule is CC(C)N1CCN(C(=O)c2ccc3c(c2)cc(C(=O)N2CCC(F)(F)CC2)n3-c2cccc(C(F)(F)F)c2)CC1. The zero-order chi connectivity index (χ0) is 28.8. The number of piperazine rings is 1. The molecule has 0 radical (unpaired) electrons. The molecule has 11 heteroatoms. The molecule has 0 N–H and O–H groups in total. The second kappa shape index (κ2) is 10.5. The molecule has 3 aromatic rings. The molecule has 0 unspecified atom stereocenters. The molecule has 2 aliphatic rings. The highest BCUT2D eigenvalue weighted by atomic mass is 19.4. The fraction of sp³-hybridized carbons (Fsp3) is 0.448. The first kappa shape index (κ1) is 28.1. The fourth-order valence-corrected chi connectivity index (χ4v) is 5.43. The van der Waals surface area contributed by atoms with Crippen LogP contribution in [0.4, 0.5) is 22.0 Å². The van der Waals surface area contributed by atoms with Gasteiger partial charge in [0.05, 0.1) is 11.1 Å². The first-order valence-corrected chi connectivity index (χ1v) is 13.4. The first-order chi connectivity index (χ1) is 18.8. The van der Waals surface area contributed by atoms with Gasteiger partial charge < -0.3 is 14.4 Å². The van der Waals surface area contributed by atoms with Crippen LogP contribution >= 0.6 is 0 Å². The van der Waals surface area contributed by atoms with Gasteiger partial charge >= 0.3 is 6.18 Å². The highest BCUT2D eigenvalue weighted by Crippen LogP contribution is 2.34. The van der Waals surface area contributed by atoms with Crippen molar-refractivity contribution in [2.45, 2.75) is 44.8 Å². The number of alkyl halides is 5. The van der Waals surface area contributed by atoms with Crippen molar-refractivity contribution in [2.24, 2.45) is 0 Å². The van der Waals surface area contributed by atoms with Crippen LogP contribution in [0.1, 0.15) is 53.1 Å². The highest BCUT2D eigenvalue weighted by Gasteiger charge is 2.37. The molecule has 2 amide bonds. The average Bonchev–Trinajstić information content (AvgIpc) is 3.31. The number of hydrogen-bond donors (Lipinski definition) is 0. The number of benzene rings is 2. The standard InChI is InChI=1S/C29H31F5N4O2/c1-19(2)35-12-14-37(15-13-35)26(39)20-6-7-24-21(16-20)17-25(27(40)36-10-8-28(30,31)9-11-36)38(24)23-5-3-4-22(18-23)29(32,33)34/h3-7,16-19H,8-15H2,1-2H3. The summed E-state index contributed by atoms with van der Waals surface area (Å²) >= 11 is 0. The third kappa shape index (κ3) is 5.56. The number of carbonyl (C=O) groups is 2. The van der Waals surface area contributed by atoms with E-state index in [1.165, 1.54) is 27.7 Å². The number of nitrogens with zero attached hydrogens (tertiary/aromatic N) is 4. The predicted molar refractivity (Wildman–Crippen MR) is 141 cm³/mol. The molecule has 5 rings (SSSR count).